The van der Waals surface area contributed by atoms with Gasteiger partial charge in [0.25, 0.3) is 5.69 Å². The fraction of sp³-hybridized carbons (Fsp3) is 0.533. The maximum atomic E-state index is 12.2. The van der Waals surface area contributed by atoms with Gasteiger partial charge in [0.2, 0.25) is 5.91 Å². The van der Waals surface area contributed by atoms with Crippen molar-refractivity contribution in [1.82, 2.24) is 10.9 Å². The van der Waals surface area contributed by atoms with Crippen LogP contribution in [0.15, 0.2) is 24.3 Å². The van der Waals surface area contributed by atoms with Crippen molar-refractivity contribution in [2.75, 3.05) is 5.32 Å². The van der Waals surface area contributed by atoms with Crippen molar-refractivity contribution in [2.45, 2.75) is 44.2 Å². The molecule has 0 spiro atoms. The number of fused-ring (bicyclic) bond motifs is 1. The highest BCUT2D eigenvalue weighted by atomic mass is 16.6. The number of carbonyl (C=O) groups is 1. The second-order valence-corrected chi connectivity index (χ2v) is 6.01. The molecule has 7 heteroatoms. The van der Waals surface area contributed by atoms with E-state index in [1.807, 2.05) is 0 Å². The van der Waals surface area contributed by atoms with Crippen molar-refractivity contribution in [3.63, 3.8) is 0 Å². The second-order valence-electron chi connectivity index (χ2n) is 6.01. The summed E-state index contributed by atoms with van der Waals surface area (Å²) in [7, 11) is 0. The Morgan fingerprint density at radius 3 is 2.95 bits per heavy atom. The monoisotopic (exact) mass is 304 g/mol. The van der Waals surface area contributed by atoms with E-state index in [0.29, 0.717) is 24.1 Å². The molecule has 3 atom stereocenters. The van der Waals surface area contributed by atoms with E-state index in [1.54, 1.807) is 12.1 Å². The SMILES string of the molecule is O=C(CC1NNC2CCCCC21)Nc1cccc([N+](=O)[O-])c1. The molecule has 22 heavy (non-hydrogen) atoms. The summed E-state index contributed by atoms with van der Waals surface area (Å²) in [4.78, 5) is 22.5. The zero-order valence-electron chi connectivity index (χ0n) is 12.2. The van der Waals surface area contributed by atoms with Gasteiger partial charge in [0.05, 0.1) is 4.92 Å². The molecule has 3 unspecified atom stereocenters. The zero-order valence-corrected chi connectivity index (χ0v) is 12.2. The van der Waals surface area contributed by atoms with Crippen molar-refractivity contribution >= 4 is 17.3 Å². The molecule has 7 nitrogen and oxygen atoms in total. The van der Waals surface area contributed by atoms with E-state index < -0.39 is 4.92 Å². The molecular weight excluding hydrogens is 284 g/mol. The molecule has 118 valence electrons. The zero-order chi connectivity index (χ0) is 15.5. The first-order valence-electron chi connectivity index (χ1n) is 7.69. The number of anilines is 1. The molecule has 0 bridgehead atoms. The van der Waals surface area contributed by atoms with Crippen LogP contribution < -0.4 is 16.2 Å². The minimum absolute atomic E-state index is 0.0224. The molecular formula is C15H20N4O3. The van der Waals surface area contributed by atoms with E-state index in [0.717, 1.165) is 12.8 Å². The maximum absolute atomic E-state index is 12.2. The first kappa shape index (κ1) is 14.9. The molecule has 1 aromatic carbocycles. The molecule has 1 heterocycles. The standard InChI is InChI=1S/C15H20N4O3/c20-15(16-10-4-3-5-11(8-10)19(21)22)9-14-12-6-1-2-7-13(12)17-18-14/h3-5,8,12-14,17-18H,1-2,6-7,9H2,(H,16,20). The van der Waals surface area contributed by atoms with Crippen LogP contribution in [0.5, 0.6) is 0 Å². The van der Waals surface area contributed by atoms with Crippen LogP contribution in [0, 0.1) is 16.0 Å². The molecule has 1 aliphatic heterocycles. The summed E-state index contributed by atoms with van der Waals surface area (Å²) in [5.74, 6) is 0.371. The minimum atomic E-state index is -0.468. The summed E-state index contributed by atoms with van der Waals surface area (Å²) >= 11 is 0. The Morgan fingerprint density at radius 2 is 2.14 bits per heavy atom. The highest BCUT2D eigenvalue weighted by molar-refractivity contribution is 5.91. The van der Waals surface area contributed by atoms with E-state index in [1.165, 1.54) is 25.0 Å². The Labute approximate surface area is 128 Å². The lowest BCUT2D eigenvalue weighted by Gasteiger charge is -2.26. The largest absolute Gasteiger partial charge is 0.326 e. The van der Waals surface area contributed by atoms with Gasteiger partial charge in [-0.2, -0.15) is 0 Å². The average molecular weight is 304 g/mol. The normalized spacial score (nSPS) is 27.2. The number of nitro benzene ring substituents is 1. The Hall–Kier alpha value is -1.99. The number of hydrogen-bond acceptors (Lipinski definition) is 5. The number of nitrogens with zero attached hydrogens (tertiary/aromatic N) is 1. The Bertz CT molecular complexity index is 578. The van der Waals surface area contributed by atoms with Gasteiger partial charge >= 0.3 is 0 Å². The third-order valence-corrected chi connectivity index (χ3v) is 4.54. The van der Waals surface area contributed by atoms with Gasteiger partial charge in [-0.3, -0.25) is 25.8 Å². The number of benzene rings is 1. The summed E-state index contributed by atoms with van der Waals surface area (Å²) in [5.41, 5.74) is 6.95. The van der Waals surface area contributed by atoms with Crippen LogP contribution in [0.4, 0.5) is 11.4 Å². The van der Waals surface area contributed by atoms with Crippen molar-refractivity contribution in [3.8, 4) is 0 Å². The van der Waals surface area contributed by atoms with E-state index in [-0.39, 0.29) is 17.6 Å². The highest BCUT2D eigenvalue weighted by Gasteiger charge is 2.37. The van der Waals surface area contributed by atoms with E-state index in [2.05, 4.69) is 16.2 Å². The molecule has 2 fully saturated rings. The molecule has 1 aromatic rings. The minimum Gasteiger partial charge on any atom is -0.326 e. The molecule has 0 radical (unpaired) electrons. The molecule has 3 N–H and O–H groups in total. The van der Waals surface area contributed by atoms with Crippen molar-refractivity contribution in [2.24, 2.45) is 5.92 Å². The van der Waals surface area contributed by atoms with Gasteiger partial charge in [-0.1, -0.05) is 18.9 Å². The number of hydrogen-bond donors (Lipinski definition) is 3. The van der Waals surface area contributed by atoms with Crippen LogP contribution in [-0.4, -0.2) is 22.9 Å². The van der Waals surface area contributed by atoms with Gasteiger partial charge < -0.3 is 5.32 Å². The molecule has 2 aliphatic rings. The van der Waals surface area contributed by atoms with Crippen LogP contribution in [0.2, 0.25) is 0 Å². The highest BCUT2D eigenvalue weighted by Crippen LogP contribution is 2.31. The fourth-order valence-electron chi connectivity index (χ4n) is 3.45. The van der Waals surface area contributed by atoms with Crippen LogP contribution in [0.3, 0.4) is 0 Å². The van der Waals surface area contributed by atoms with Crippen molar-refractivity contribution in [3.05, 3.63) is 34.4 Å². The third kappa shape index (κ3) is 3.26. The number of nitro groups is 1. The smallest absolute Gasteiger partial charge is 0.271 e. The van der Waals surface area contributed by atoms with Gasteiger partial charge in [-0.05, 0) is 24.8 Å². The van der Waals surface area contributed by atoms with Gasteiger partial charge in [0, 0.05) is 36.3 Å². The first-order valence-corrected chi connectivity index (χ1v) is 7.69. The number of non-ortho nitro benzene ring substituents is 1. The van der Waals surface area contributed by atoms with Crippen LogP contribution in [0.25, 0.3) is 0 Å². The lowest BCUT2D eigenvalue weighted by atomic mass is 9.81. The van der Waals surface area contributed by atoms with Gasteiger partial charge in [0.1, 0.15) is 0 Å². The predicted octanol–water partition coefficient (Wildman–Crippen LogP) is 1.96. The topological polar surface area (TPSA) is 96.3 Å². The Balaban J connectivity index is 1.58. The second kappa shape index (κ2) is 6.41. The van der Waals surface area contributed by atoms with Gasteiger partial charge in [0.15, 0.2) is 0 Å². The van der Waals surface area contributed by atoms with Crippen molar-refractivity contribution in [1.29, 1.82) is 0 Å². The molecule has 1 aliphatic carbocycles. The number of nitrogens with one attached hydrogen (secondary N) is 3. The number of amides is 1. The summed E-state index contributed by atoms with van der Waals surface area (Å²) in [6, 6.07) is 6.61. The molecule has 0 aromatic heterocycles. The quantitative estimate of drug-likeness (QED) is 0.583. The number of rotatable bonds is 4. The van der Waals surface area contributed by atoms with E-state index in [9.17, 15) is 14.9 Å². The average Bonchev–Trinajstić information content (AvgIpc) is 2.91. The maximum Gasteiger partial charge on any atom is 0.271 e. The van der Waals surface area contributed by atoms with Gasteiger partial charge in [-0.25, -0.2) is 0 Å². The summed E-state index contributed by atoms with van der Waals surface area (Å²) in [6.45, 7) is 0. The Morgan fingerprint density at radius 1 is 1.32 bits per heavy atom. The number of hydrazine groups is 1. The third-order valence-electron chi connectivity index (χ3n) is 4.54. The first-order chi connectivity index (χ1) is 10.6. The van der Waals surface area contributed by atoms with Crippen LogP contribution in [0.1, 0.15) is 32.1 Å². The summed E-state index contributed by atoms with van der Waals surface area (Å²) in [6.07, 6.45) is 5.12. The predicted molar refractivity (Wildman–Crippen MR) is 82.1 cm³/mol. The molecule has 3 rings (SSSR count). The van der Waals surface area contributed by atoms with Crippen molar-refractivity contribution < 1.29 is 9.72 Å². The summed E-state index contributed by atoms with van der Waals surface area (Å²) in [5, 5.41) is 13.5. The molecule has 1 amide bonds. The molecule has 1 saturated carbocycles. The molecule has 1 saturated heterocycles. The fourth-order valence-corrected chi connectivity index (χ4v) is 3.45. The summed E-state index contributed by atoms with van der Waals surface area (Å²) < 4.78 is 0. The van der Waals surface area contributed by atoms with Gasteiger partial charge in [-0.15, -0.1) is 0 Å². The lowest BCUT2D eigenvalue weighted by Crippen LogP contribution is -2.35. The van der Waals surface area contributed by atoms with Crippen LogP contribution >= 0.6 is 0 Å². The number of carbonyl (C=O) groups excluding carboxylic acids is 1. The lowest BCUT2D eigenvalue weighted by molar-refractivity contribution is -0.384. The Kier molecular flexibility index (Phi) is 4.35. The van der Waals surface area contributed by atoms with E-state index >= 15 is 0 Å². The van der Waals surface area contributed by atoms with Crippen LogP contribution in [-0.2, 0) is 4.79 Å². The van der Waals surface area contributed by atoms with E-state index in [4.69, 9.17) is 0 Å².